The number of aromatic hydroxyl groups is 1. The van der Waals surface area contributed by atoms with Gasteiger partial charge < -0.3 is 20.6 Å². The molecule has 1 aliphatic heterocycles. The zero-order valence-electron chi connectivity index (χ0n) is 15.8. The van der Waals surface area contributed by atoms with Crippen molar-refractivity contribution >= 4 is 23.4 Å². The van der Waals surface area contributed by atoms with E-state index in [1.807, 2.05) is 26.0 Å². The molecule has 0 aromatic heterocycles. The first kappa shape index (κ1) is 19.4. The molecule has 1 aliphatic rings. The van der Waals surface area contributed by atoms with Crippen molar-refractivity contribution in [3.05, 3.63) is 59.7 Å². The van der Waals surface area contributed by atoms with Gasteiger partial charge in [-0.2, -0.15) is 0 Å². The number of anilines is 1. The third-order valence-electron chi connectivity index (χ3n) is 4.63. The number of hydrogen-bond donors (Lipinski definition) is 3. The molecule has 3 rings (SSSR count). The van der Waals surface area contributed by atoms with Gasteiger partial charge in [0.2, 0.25) is 0 Å². The molecule has 2 aromatic rings. The second-order valence-corrected chi connectivity index (χ2v) is 6.94. The molecule has 0 saturated heterocycles. The third kappa shape index (κ3) is 3.98. The SMILES string of the molecule is CC(C)N1C(=O)[C@H](NC(=O)C(=O)NCCc2ccc(O)cc2)c2ccccc21. The van der Waals surface area contributed by atoms with Crippen LogP contribution in [0.25, 0.3) is 0 Å². The second kappa shape index (κ2) is 8.12. The quantitative estimate of drug-likeness (QED) is 0.686. The number of rotatable bonds is 5. The summed E-state index contributed by atoms with van der Waals surface area (Å²) in [6.07, 6.45) is 0.519. The minimum absolute atomic E-state index is 0.0605. The predicted molar refractivity (Wildman–Crippen MR) is 105 cm³/mol. The van der Waals surface area contributed by atoms with Gasteiger partial charge in [0.25, 0.3) is 5.91 Å². The first-order chi connectivity index (χ1) is 13.4. The summed E-state index contributed by atoms with van der Waals surface area (Å²) in [7, 11) is 0. The summed E-state index contributed by atoms with van der Waals surface area (Å²) in [6, 6.07) is 12.9. The highest BCUT2D eigenvalue weighted by Gasteiger charge is 2.39. The van der Waals surface area contributed by atoms with Gasteiger partial charge in [-0.15, -0.1) is 0 Å². The molecule has 0 unspecified atom stereocenters. The van der Waals surface area contributed by atoms with Gasteiger partial charge in [0.05, 0.1) is 0 Å². The highest BCUT2D eigenvalue weighted by Crippen LogP contribution is 2.36. The summed E-state index contributed by atoms with van der Waals surface area (Å²) in [4.78, 5) is 38.8. The summed E-state index contributed by atoms with van der Waals surface area (Å²) in [5, 5.41) is 14.4. The standard InChI is InChI=1S/C21H23N3O4/c1-13(2)24-17-6-4-3-5-16(17)18(21(24)28)23-20(27)19(26)22-12-11-14-7-9-15(25)10-8-14/h3-10,13,18,25H,11-12H2,1-2H3,(H,22,26)(H,23,27)/t18-/m1/s1. The summed E-state index contributed by atoms with van der Waals surface area (Å²) >= 11 is 0. The van der Waals surface area contributed by atoms with E-state index in [2.05, 4.69) is 10.6 Å². The molecule has 0 spiro atoms. The molecule has 3 N–H and O–H groups in total. The highest BCUT2D eigenvalue weighted by atomic mass is 16.3. The molecule has 146 valence electrons. The molecule has 1 heterocycles. The van der Waals surface area contributed by atoms with Gasteiger partial charge in [0.1, 0.15) is 11.8 Å². The molecule has 0 saturated carbocycles. The summed E-state index contributed by atoms with van der Waals surface area (Å²) < 4.78 is 0. The largest absolute Gasteiger partial charge is 0.508 e. The van der Waals surface area contributed by atoms with Crippen LogP contribution >= 0.6 is 0 Å². The minimum Gasteiger partial charge on any atom is -0.508 e. The van der Waals surface area contributed by atoms with Gasteiger partial charge in [0.15, 0.2) is 0 Å². The molecular formula is C21H23N3O4. The summed E-state index contributed by atoms with van der Waals surface area (Å²) in [6.45, 7) is 4.06. The Morgan fingerprint density at radius 3 is 2.43 bits per heavy atom. The number of hydrogen-bond acceptors (Lipinski definition) is 4. The zero-order chi connectivity index (χ0) is 20.3. The number of phenolic OH excluding ortho intramolecular Hbond substituents is 1. The summed E-state index contributed by atoms with van der Waals surface area (Å²) in [5.41, 5.74) is 2.36. The average molecular weight is 381 g/mol. The van der Waals surface area contributed by atoms with Crippen molar-refractivity contribution in [2.75, 3.05) is 11.4 Å². The highest BCUT2D eigenvalue weighted by molar-refractivity contribution is 6.35. The van der Waals surface area contributed by atoms with Crippen molar-refractivity contribution in [1.82, 2.24) is 10.6 Å². The van der Waals surface area contributed by atoms with E-state index < -0.39 is 17.9 Å². The molecule has 1 atom stereocenters. The molecule has 28 heavy (non-hydrogen) atoms. The molecular weight excluding hydrogens is 358 g/mol. The lowest BCUT2D eigenvalue weighted by atomic mass is 10.1. The average Bonchev–Trinajstić information content (AvgIpc) is 2.95. The van der Waals surface area contributed by atoms with Crippen LogP contribution in [0.1, 0.15) is 31.0 Å². The van der Waals surface area contributed by atoms with Crippen LogP contribution in [-0.4, -0.2) is 35.4 Å². The van der Waals surface area contributed by atoms with Crippen molar-refractivity contribution in [3.8, 4) is 5.75 Å². The van der Waals surface area contributed by atoms with E-state index >= 15 is 0 Å². The van der Waals surface area contributed by atoms with Crippen molar-refractivity contribution in [2.24, 2.45) is 0 Å². The Labute approximate surface area is 163 Å². The van der Waals surface area contributed by atoms with Gasteiger partial charge >= 0.3 is 11.8 Å². The maximum Gasteiger partial charge on any atom is 0.310 e. The monoisotopic (exact) mass is 381 g/mol. The normalized spacial score (nSPS) is 15.5. The lowest BCUT2D eigenvalue weighted by Gasteiger charge is -2.22. The molecule has 0 fully saturated rings. The maximum absolute atomic E-state index is 12.7. The first-order valence-electron chi connectivity index (χ1n) is 9.17. The van der Waals surface area contributed by atoms with Crippen LogP contribution in [0.5, 0.6) is 5.75 Å². The van der Waals surface area contributed by atoms with Gasteiger partial charge in [-0.1, -0.05) is 30.3 Å². The molecule has 7 nitrogen and oxygen atoms in total. The second-order valence-electron chi connectivity index (χ2n) is 6.94. The Morgan fingerprint density at radius 1 is 1.07 bits per heavy atom. The number of nitrogens with zero attached hydrogens (tertiary/aromatic N) is 1. The predicted octanol–water partition coefficient (Wildman–Crippen LogP) is 1.66. The number of nitrogens with one attached hydrogen (secondary N) is 2. The van der Waals surface area contributed by atoms with Crippen LogP contribution in [0.2, 0.25) is 0 Å². The molecule has 7 heteroatoms. The fourth-order valence-electron chi connectivity index (χ4n) is 3.27. The van der Waals surface area contributed by atoms with Crippen molar-refractivity contribution in [1.29, 1.82) is 0 Å². The number of carbonyl (C=O) groups excluding carboxylic acids is 3. The number of phenols is 1. The van der Waals surface area contributed by atoms with E-state index in [0.717, 1.165) is 11.3 Å². The Kier molecular flexibility index (Phi) is 5.63. The topological polar surface area (TPSA) is 98.7 Å². The fourth-order valence-corrected chi connectivity index (χ4v) is 3.27. The minimum atomic E-state index is -0.867. The first-order valence-corrected chi connectivity index (χ1v) is 9.17. The fraction of sp³-hybridized carbons (Fsp3) is 0.286. The number of benzene rings is 2. The van der Waals surface area contributed by atoms with E-state index in [4.69, 9.17) is 0 Å². The molecule has 0 aliphatic carbocycles. The lowest BCUT2D eigenvalue weighted by Crippen LogP contribution is -2.45. The van der Waals surface area contributed by atoms with Gasteiger partial charge in [0, 0.05) is 23.8 Å². The third-order valence-corrected chi connectivity index (χ3v) is 4.63. The van der Waals surface area contributed by atoms with Crippen LogP contribution in [0.3, 0.4) is 0 Å². The Hall–Kier alpha value is -3.35. The van der Waals surface area contributed by atoms with Crippen LogP contribution < -0.4 is 15.5 Å². The van der Waals surface area contributed by atoms with Crippen LogP contribution in [0.4, 0.5) is 5.69 Å². The van der Waals surface area contributed by atoms with Crippen molar-refractivity contribution in [3.63, 3.8) is 0 Å². The zero-order valence-corrected chi connectivity index (χ0v) is 15.8. The Balaban J connectivity index is 1.60. The molecule has 2 aromatic carbocycles. The van der Waals surface area contributed by atoms with E-state index in [9.17, 15) is 19.5 Å². The van der Waals surface area contributed by atoms with Crippen LogP contribution in [0.15, 0.2) is 48.5 Å². The van der Waals surface area contributed by atoms with Gasteiger partial charge in [-0.3, -0.25) is 14.4 Å². The lowest BCUT2D eigenvalue weighted by molar-refractivity contribution is -0.140. The van der Waals surface area contributed by atoms with Gasteiger partial charge in [-0.25, -0.2) is 0 Å². The molecule has 0 bridgehead atoms. The number of amides is 3. The van der Waals surface area contributed by atoms with E-state index in [1.54, 1.807) is 41.3 Å². The van der Waals surface area contributed by atoms with Crippen molar-refractivity contribution in [2.45, 2.75) is 32.4 Å². The molecule has 3 amide bonds. The smallest absolute Gasteiger partial charge is 0.310 e. The van der Waals surface area contributed by atoms with E-state index in [-0.39, 0.29) is 24.2 Å². The van der Waals surface area contributed by atoms with Crippen molar-refractivity contribution < 1.29 is 19.5 Å². The maximum atomic E-state index is 12.7. The number of para-hydroxylation sites is 1. The Bertz CT molecular complexity index is 893. The number of fused-ring (bicyclic) bond motifs is 1. The molecule has 0 radical (unpaired) electrons. The van der Waals surface area contributed by atoms with E-state index in [0.29, 0.717) is 12.0 Å². The number of carbonyl (C=O) groups is 3. The van der Waals surface area contributed by atoms with E-state index in [1.165, 1.54) is 0 Å². The van der Waals surface area contributed by atoms with Crippen LogP contribution in [-0.2, 0) is 20.8 Å². The van der Waals surface area contributed by atoms with Crippen LogP contribution in [0, 0.1) is 0 Å². The summed E-state index contributed by atoms with van der Waals surface area (Å²) in [5.74, 6) is -1.71. The Morgan fingerprint density at radius 2 is 1.75 bits per heavy atom. The van der Waals surface area contributed by atoms with Gasteiger partial charge in [-0.05, 0) is 44.0 Å².